The van der Waals surface area contributed by atoms with Crippen LogP contribution in [0.1, 0.15) is 16.7 Å². The summed E-state index contributed by atoms with van der Waals surface area (Å²) in [5.41, 5.74) is 4.76. The van der Waals surface area contributed by atoms with Gasteiger partial charge in [-0.1, -0.05) is 28.1 Å². The maximum absolute atomic E-state index is 9.11. The Morgan fingerprint density at radius 3 is 2.61 bits per heavy atom. The quantitative estimate of drug-likeness (QED) is 0.874. The number of nitriles is 1. The van der Waals surface area contributed by atoms with Crippen LogP contribution in [-0.2, 0) is 0 Å². The van der Waals surface area contributed by atoms with Crippen LogP contribution in [0, 0.1) is 25.2 Å². The van der Waals surface area contributed by atoms with Gasteiger partial charge in [-0.3, -0.25) is 0 Å². The zero-order chi connectivity index (χ0) is 13.1. The van der Waals surface area contributed by atoms with Crippen molar-refractivity contribution in [2.45, 2.75) is 13.8 Å². The molecule has 18 heavy (non-hydrogen) atoms. The third-order valence-corrected chi connectivity index (χ3v) is 3.69. The molecule has 0 aromatic heterocycles. The second-order valence-corrected chi connectivity index (χ2v) is 5.05. The summed E-state index contributed by atoms with van der Waals surface area (Å²) in [6, 6.07) is 13.9. The normalized spacial score (nSPS) is 9.89. The molecule has 1 N–H and O–H groups in total. The minimum Gasteiger partial charge on any atom is -0.354 e. The topological polar surface area (TPSA) is 35.8 Å². The number of nitrogens with zero attached hydrogens (tertiary/aromatic N) is 1. The smallest absolute Gasteiger partial charge is 0.101 e. The van der Waals surface area contributed by atoms with E-state index in [0.717, 1.165) is 27.0 Å². The van der Waals surface area contributed by atoms with Gasteiger partial charge in [-0.15, -0.1) is 0 Å². The first-order chi connectivity index (χ1) is 8.61. The van der Waals surface area contributed by atoms with Crippen molar-refractivity contribution < 1.29 is 0 Å². The molecule has 0 aliphatic rings. The maximum Gasteiger partial charge on any atom is 0.101 e. The molecule has 90 valence electrons. The molecule has 0 spiro atoms. The number of nitrogens with one attached hydrogen (secondary N) is 1. The molecule has 2 nitrogen and oxygen atoms in total. The molecule has 3 heteroatoms. The summed E-state index contributed by atoms with van der Waals surface area (Å²) in [5.74, 6) is 0. The Bertz CT molecular complexity index is 627. The van der Waals surface area contributed by atoms with Crippen LogP contribution in [0.25, 0.3) is 0 Å². The van der Waals surface area contributed by atoms with Crippen LogP contribution in [-0.4, -0.2) is 0 Å². The minimum atomic E-state index is 0.653. The summed E-state index contributed by atoms with van der Waals surface area (Å²) in [4.78, 5) is 0. The van der Waals surface area contributed by atoms with Crippen LogP contribution < -0.4 is 5.32 Å². The maximum atomic E-state index is 9.11. The second kappa shape index (κ2) is 5.24. The lowest BCUT2D eigenvalue weighted by atomic mass is 10.1. The Labute approximate surface area is 115 Å². The van der Waals surface area contributed by atoms with E-state index in [4.69, 9.17) is 5.26 Å². The highest BCUT2D eigenvalue weighted by Crippen LogP contribution is 2.28. The molecule has 0 fully saturated rings. The second-order valence-electron chi connectivity index (χ2n) is 4.20. The Morgan fingerprint density at radius 2 is 1.89 bits per heavy atom. The first kappa shape index (κ1) is 12.7. The molecule has 0 aliphatic carbocycles. The van der Waals surface area contributed by atoms with E-state index in [9.17, 15) is 0 Å². The molecule has 0 atom stereocenters. The van der Waals surface area contributed by atoms with Crippen molar-refractivity contribution in [3.8, 4) is 6.07 Å². The van der Waals surface area contributed by atoms with Gasteiger partial charge in [-0.05, 0) is 49.2 Å². The highest BCUT2D eigenvalue weighted by Gasteiger charge is 2.06. The van der Waals surface area contributed by atoms with Crippen molar-refractivity contribution in [2.75, 3.05) is 5.32 Å². The lowest BCUT2D eigenvalue weighted by Crippen LogP contribution is -1.96. The van der Waals surface area contributed by atoms with E-state index in [0.29, 0.717) is 5.56 Å². The number of benzene rings is 2. The van der Waals surface area contributed by atoms with Gasteiger partial charge in [0.25, 0.3) is 0 Å². The zero-order valence-corrected chi connectivity index (χ0v) is 11.9. The van der Waals surface area contributed by atoms with Crippen molar-refractivity contribution in [2.24, 2.45) is 0 Å². The molecule has 0 bridgehead atoms. The molecular weight excluding hydrogens is 288 g/mol. The molecule has 0 aliphatic heterocycles. The van der Waals surface area contributed by atoms with E-state index in [1.807, 2.05) is 50.2 Å². The van der Waals surface area contributed by atoms with E-state index in [1.165, 1.54) is 0 Å². The molecule has 0 radical (unpaired) electrons. The van der Waals surface area contributed by atoms with Gasteiger partial charge in [0, 0.05) is 10.2 Å². The summed E-state index contributed by atoms with van der Waals surface area (Å²) in [7, 11) is 0. The molecule has 0 heterocycles. The van der Waals surface area contributed by atoms with Gasteiger partial charge in [0.05, 0.1) is 11.3 Å². The Kier molecular flexibility index (Phi) is 3.69. The average Bonchev–Trinajstić information content (AvgIpc) is 2.35. The highest BCUT2D eigenvalue weighted by atomic mass is 79.9. The standard InChI is InChI=1S/C15H13BrN2/c1-10-6-7-12(9-17)15(8-10)18-14-5-3-4-13(16)11(14)2/h3-8,18H,1-2H3. The molecule has 0 unspecified atom stereocenters. The number of rotatable bonds is 2. The van der Waals surface area contributed by atoms with Gasteiger partial charge in [0.15, 0.2) is 0 Å². The summed E-state index contributed by atoms with van der Waals surface area (Å²) >= 11 is 3.50. The van der Waals surface area contributed by atoms with Crippen LogP contribution in [0.15, 0.2) is 40.9 Å². The fraction of sp³-hybridized carbons (Fsp3) is 0.133. The van der Waals surface area contributed by atoms with Crippen molar-refractivity contribution in [1.82, 2.24) is 0 Å². The summed E-state index contributed by atoms with van der Waals surface area (Å²) in [5, 5.41) is 12.4. The van der Waals surface area contributed by atoms with Crippen LogP contribution in [0.3, 0.4) is 0 Å². The van der Waals surface area contributed by atoms with Gasteiger partial charge in [-0.2, -0.15) is 5.26 Å². The van der Waals surface area contributed by atoms with Gasteiger partial charge >= 0.3 is 0 Å². The molecule has 2 aromatic rings. The monoisotopic (exact) mass is 300 g/mol. The Morgan fingerprint density at radius 1 is 1.11 bits per heavy atom. The Hall–Kier alpha value is -1.79. The summed E-state index contributed by atoms with van der Waals surface area (Å²) in [6.07, 6.45) is 0. The zero-order valence-electron chi connectivity index (χ0n) is 10.3. The van der Waals surface area contributed by atoms with Crippen LogP contribution >= 0.6 is 15.9 Å². The average molecular weight is 301 g/mol. The van der Waals surface area contributed by atoms with Gasteiger partial charge in [0.2, 0.25) is 0 Å². The number of hydrogen-bond acceptors (Lipinski definition) is 2. The number of aryl methyl sites for hydroxylation is 1. The van der Waals surface area contributed by atoms with Gasteiger partial charge in [-0.25, -0.2) is 0 Å². The molecule has 0 amide bonds. The molecular formula is C15H13BrN2. The van der Waals surface area contributed by atoms with Crippen LogP contribution in [0.4, 0.5) is 11.4 Å². The van der Waals surface area contributed by atoms with E-state index in [2.05, 4.69) is 27.3 Å². The van der Waals surface area contributed by atoms with E-state index < -0.39 is 0 Å². The largest absolute Gasteiger partial charge is 0.354 e. The summed E-state index contributed by atoms with van der Waals surface area (Å²) < 4.78 is 1.05. The molecule has 0 saturated heterocycles. The van der Waals surface area contributed by atoms with Crippen molar-refractivity contribution >= 4 is 27.3 Å². The summed E-state index contributed by atoms with van der Waals surface area (Å²) in [6.45, 7) is 4.05. The third-order valence-electron chi connectivity index (χ3n) is 2.83. The fourth-order valence-electron chi connectivity index (χ4n) is 1.75. The minimum absolute atomic E-state index is 0.653. The van der Waals surface area contributed by atoms with Crippen LogP contribution in [0.2, 0.25) is 0 Å². The number of anilines is 2. The van der Waals surface area contributed by atoms with Crippen molar-refractivity contribution in [1.29, 1.82) is 5.26 Å². The van der Waals surface area contributed by atoms with Gasteiger partial charge in [0.1, 0.15) is 6.07 Å². The lowest BCUT2D eigenvalue weighted by Gasteiger charge is -2.12. The molecule has 2 aromatic carbocycles. The first-order valence-corrected chi connectivity index (χ1v) is 6.44. The van der Waals surface area contributed by atoms with Crippen molar-refractivity contribution in [3.63, 3.8) is 0 Å². The SMILES string of the molecule is Cc1ccc(C#N)c(Nc2cccc(Br)c2C)c1. The van der Waals surface area contributed by atoms with E-state index in [-0.39, 0.29) is 0 Å². The fourth-order valence-corrected chi connectivity index (χ4v) is 2.11. The number of halogens is 1. The number of hydrogen-bond donors (Lipinski definition) is 1. The van der Waals surface area contributed by atoms with Crippen molar-refractivity contribution in [3.05, 3.63) is 57.6 Å². The predicted molar refractivity (Wildman–Crippen MR) is 78.1 cm³/mol. The molecule has 2 rings (SSSR count). The lowest BCUT2D eigenvalue weighted by molar-refractivity contribution is 1.37. The predicted octanol–water partition coefficient (Wildman–Crippen LogP) is 4.68. The first-order valence-electron chi connectivity index (χ1n) is 5.64. The molecule has 0 saturated carbocycles. The van der Waals surface area contributed by atoms with E-state index >= 15 is 0 Å². The van der Waals surface area contributed by atoms with Crippen LogP contribution in [0.5, 0.6) is 0 Å². The van der Waals surface area contributed by atoms with E-state index in [1.54, 1.807) is 0 Å². The van der Waals surface area contributed by atoms with Gasteiger partial charge < -0.3 is 5.32 Å². The Balaban J connectivity index is 2.43. The highest BCUT2D eigenvalue weighted by molar-refractivity contribution is 9.10. The third kappa shape index (κ3) is 2.55.